The molecule has 2 aromatic carbocycles. The molecule has 3 aromatic rings. The van der Waals surface area contributed by atoms with Crippen molar-refractivity contribution in [1.82, 2.24) is 9.71 Å². The summed E-state index contributed by atoms with van der Waals surface area (Å²) in [4.78, 5) is 4.66. The Morgan fingerprint density at radius 2 is 1.83 bits per heavy atom. The van der Waals surface area contributed by atoms with Crippen LogP contribution in [-0.2, 0) is 16.6 Å². The fourth-order valence-electron chi connectivity index (χ4n) is 2.66. The van der Waals surface area contributed by atoms with E-state index in [-0.39, 0.29) is 6.54 Å². The number of rotatable bonds is 4. The van der Waals surface area contributed by atoms with Crippen molar-refractivity contribution < 1.29 is 8.42 Å². The van der Waals surface area contributed by atoms with Crippen LogP contribution in [0, 0.1) is 13.8 Å². The molecular formula is C18H18N2O2S. The third-order valence-electron chi connectivity index (χ3n) is 3.79. The van der Waals surface area contributed by atoms with Crippen molar-refractivity contribution in [2.75, 3.05) is 0 Å². The Morgan fingerprint density at radius 1 is 1.04 bits per heavy atom. The average Bonchev–Trinajstić information content (AvgIpc) is 2.52. The predicted octanol–water partition coefficient (Wildman–Crippen LogP) is 3.33. The van der Waals surface area contributed by atoms with E-state index in [9.17, 15) is 8.42 Å². The number of sulfonamides is 1. The SMILES string of the molecule is Cc1ccc(S(=O)(=O)NCc2cccc3cccnc23)c(C)c1. The number of nitrogens with one attached hydrogen (secondary N) is 1. The lowest BCUT2D eigenvalue weighted by molar-refractivity contribution is 0.581. The lowest BCUT2D eigenvalue weighted by Gasteiger charge is -2.11. The number of aryl methyl sites for hydroxylation is 2. The molecule has 0 radical (unpaired) electrons. The molecule has 0 spiro atoms. The van der Waals surface area contributed by atoms with Gasteiger partial charge in [-0.15, -0.1) is 0 Å². The van der Waals surface area contributed by atoms with Gasteiger partial charge in [0.1, 0.15) is 0 Å². The highest BCUT2D eigenvalue weighted by Gasteiger charge is 2.17. The van der Waals surface area contributed by atoms with Crippen LogP contribution in [0.15, 0.2) is 59.6 Å². The van der Waals surface area contributed by atoms with Crippen LogP contribution < -0.4 is 4.72 Å². The molecule has 118 valence electrons. The molecule has 0 unspecified atom stereocenters. The predicted molar refractivity (Wildman–Crippen MR) is 91.7 cm³/mol. The minimum atomic E-state index is -3.55. The van der Waals surface area contributed by atoms with E-state index < -0.39 is 10.0 Å². The first kappa shape index (κ1) is 15.6. The molecule has 1 aromatic heterocycles. The van der Waals surface area contributed by atoms with Crippen LogP contribution in [0.3, 0.4) is 0 Å². The van der Waals surface area contributed by atoms with Crippen LogP contribution in [0.1, 0.15) is 16.7 Å². The summed E-state index contributed by atoms with van der Waals surface area (Å²) in [5, 5.41) is 0.996. The molecule has 1 heterocycles. The molecule has 0 fully saturated rings. The highest BCUT2D eigenvalue weighted by molar-refractivity contribution is 7.89. The van der Waals surface area contributed by atoms with Crippen LogP contribution in [-0.4, -0.2) is 13.4 Å². The Bertz CT molecular complexity index is 960. The monoisotopic (exact) mass is 326 g/mol. The van der Waals surface area contributed by atoms with Gasteiger partial charge < -0.3 is 0 Å². The van der Waals surface area contributed by atoms with Gasteiger partial charge in [0.05, 0.1) is 10.4 Å². The Labute approximate surface area is 136 Å². The van der Waals surface area contributed by atoms with Crippen molar-refractivity contribution in [2.24, 2.45) is 0 Å². The smallest absolute Gasteiger partial charge is 0.241 e. The maximum atomic E-state index is 12.5. The van der Waals surface area contributed by atoms with Gasteiger partial charge in [-0.25, -0.2) is 13.1 Å². The molecule has 1 N–H and O–H groups in total. The minimum absolute atomic E-state index is 0.212. The maximum absolute atomic E-state index is 12.5. The fraction of sp³-hybridized carbons (Fsp3) is 0.167. The zero-order valence-electron chi connectivity index (χ0n) is 13.1. The summed E-state index contributed by atoms with van der Waals surface area (Å²) < 4.78 is 27.8. The van der Waals surface area contributed by atoms with E-state index in [2.05, 4.69) is 9.71 Å². The number of fused-ring (bicyclic) bond motifs is 1. The highest BCUT2D eigenvalue weighted by atomic mass is 32.2. The van der Waals surface area contributed by atoms with Crippen LogP contribution in [0.4, 0.5) is 0 Å². The number of nitrogens with zero attached hydrogens (tertiary/aromatic N) is 1. The zero-order valence-corrected chi connectivity index (χ0v) is 13.9. The van der Waals surface area contributed by atoms with Crippen LogP contribution >= 0.6 is 0 Å². The van der Waals surface area contributed by atoms with E-state index in [1.165, 1.54) is 0 Å². The number of para-hydroxylation sites is 1. The quantitative estimate of drug-likeness (QED) is 0.800. The molecule has 4 nitrogen and oxygen atoms in total. The first-order valence-electron chi connectivity index (χ1n) is 7.37. The second-order valence-corrected chi connectivity index (χ2v) is 7.32. The van der Waals surface area contributed by atoms with Crippen molar-refractivity contribution in [1.29, 1.82) is 0 Å². The average molecular weight is 326 g/mol. The number of aromatic nitrogens is 1. The summed E-state index contributed by atoms with van der Waals surface area (Å²) in [6.07, 6.45) is 1.71. The Morgan fingerprint density at radius 3 is 2.61 bits per heavy atom. The Balaban J connectivity index is 1.89. The van der Waals surface area contributed by atoms with Gasteiger partial charge in [0.2, 0.25) is 10.0 Å². The molecule has 0 aliphatic carbocycles. The van der Waals surface area contributed by atoms with Gasteiger partial charge >= 0.3 is 0 Å². The number of pyridine rings is 1. The molecule has 0 bridgehead atoms. The standard InChI is InChI=1S/C18H18N2O2S/c1-13-8-9-17(14(2)11-13)23(21,22)20-12-16-6-3-5-15-7-4-10-19-18(15)16/h3-11,20H,12H2,1-2H3. The third-order valence-corrected chi connectivity index (χ3v) is 5.35. The number of benzene rings is 2. The van der Waals surface area contributed by atoms with Gasteiger partial charge in [-0.3, -0.25) is 4.98 Å². The van der Waals surface area contributed by atoms with Crippen molar-refractivity contribution >= 4 is 20.9 Å². The van der Waals surface area contributed by atoms with E-state index in [1.54, 1.807) is 25.3 Å². The minimum Gasteiger partial charge on any atom is -0.256 e. The molecule has 23 heavy (non-hydrogen) atoms. The summed E-state index contributed by atoms with van der Waals surface area (Å²) in [5.41, 5.74) is 3.46. The molecule has 0 atom stereocenters. The molecule has 0 saturated carbocycles. The normalized spacial score (nSPS) is 11.7. The van der Waals surface area contributed by atoms with Crippen molar-refractivity contribution in [3.05, 3.63) is 71.4 Å². The first-order chi connectivity index (χ1) is 11.0. The lowest BCUT2D eigenvalue weighted by Crippen LogP contribution is -2.24. The largest absolute Gasteiger partial charge is 0.256 e. The van der Waals surface area contributed by atoms with Crippen molar-refractivity contribution in [2.45, 2.75) is 25.3 Å². The summed E-state index contributed by atoms with van der Waals surface area (Å²) in [6.45, 7) is 3.96. The second kappa shape index (κ2) is 6.10. The molecule has 0 amide bonds. The summed E-state index contributed by atoms with van der Waals surface area (Å²) in [5.74, 6) is 0. The van der Waals surface area contributed by atoms with Gasteiger partial charge in [0, 0.05) is 18.1 Å². The number of hydrogen-bond acceptors (Lipinski definition) is 3. The molecular weight excluding hydrogens is 308 g/mol. The van der Waals surface area contributed by atoms with Gasteiger partial charge in [0.15, 0.2) is 0 Å². The van der Waals surface area contributed by atoms with E-state index in [0.29, 0.717) is 4.90 Å². The highest BCUT2D eigenvalue weighted by Crippen LogP contribution is 2.19. The van der Waals surface area contributed by atoms with Crippen molar-refractivity contribution in [3.63, 3.8) is 0 Å². The zero-order chi connectivity index (χ0) is 16.4. The van der Waals surface area contributed by atoms with E-state index in [4.69, 9.17) is 0 Å². The van der Waals surface area contributed by atoms with Gasteiger partial charge in [0.25, 0.3) is 0 Å². The van der Waals surface area contributed by atoms with Gasteiger partial charge in [-0.2, -0.15) is 0 Å². The van der Waals surface area contributed by atoms with E-state index in [1.807, 2.05) is 43.3 Å². The van der Waals surface area contributed by atoms with Crippen LogP contribution in [0.5, 0.6) is 0 Å². The third kappa shape index (κ3) is 3.25. The molecule has 0 saturated heterocycles. The van der Waals surface area contributed by atoms with Crippen LogP contribution in [0.25, 0.3) is 10.9 Å². The maximum Gasteiger partial charge on any atom is 0.241 e. The van der Waals surface area contributed by atoms with Crippen molar-refractivity contribution in [3.8, 4) is 0 Å². The molecule has 5 heteroatoms. The number of hydrogen-bond donors (Lipinski definition) is 1. The summed E-state index contributed by atoms with van der Waals surface area (Å²) in [6, 6.07) is 14.9. The van der Waals surface area contributed by atoms with E-state index >= 15 is 0 Å². The first-order valence-corrected chi connectivity index (χ1v) is 8.85. The van der Waals surface area contributed by atoms with E-state index in [0.717, 1.165) is 27.6 Å². The molecule has 3 rings (SSSR count). The van der Waals surface area contributed by atoms with Crippen LogP contribution in [0.2, 0.25) is 0 Å². The fourth-order valence-corrected chi connectivity index (χ4v) is 3.89. The summed E-state index contributed by atoms with van der Waals surface area (Å²) >= 11 is 0. The molecule has 0 aliphatic rings. The van der Waals surface area contributed by atoms with Gasteiger partial charge in [-0.05, 0) is 37.1 Å². The van der Waals surface area contributed by atoms with Gasteiger partial charge in [-0.1, -0.05) is 42.0 Å². The Kier molecular flexibility index (Phi) is 4.15. The topological polar surface area (TPSA) is 59.1 Å². The Hall–Kier alpha value is -2.24. The summed E-state index contributed by atoms with van der Waals surface area (Å²) in [7, 11) is -3.55. The second-order valence-electron chi connectivity index (χ2n) is 5.59. The molecule has 0 aliphatic heterocycles. The lowest BCUT2D eigenvalue weighted by atomic mass is 10.1.